The van der Waals surface area contributed by atoms with E-state index in [9.17, 15) is 8.42 Å². The maximum atomic E-state index is 13.0. The minimum atomic E-state index is -3.93. The van der Waals surface area contributed by atoms with Gasteiger partial charge in [-0.2, -0.15) is 8.42 Å². The van der Waals surface area contributed by atoms with Crippen molar-refractivity contribution >= 4 is 32.7 Å². The first-order valence-electron chi connectivity index (χ1n) is 9.95. The van der Waals surface area contributed by atoms with Crippen LogP contribution in [0.4, 0.5) is 0 Å². The van der Waals surface area contributed by atoms with Crippen LogP contribution in [-0.2, 0) is 20.7 Å². The van der Waals surface area contributed by atoms with E-state index in [1.807, 2.05) is 49.4 Å². The molecule has 0 saturated heterocycles. The van der Waals surface area contributed by atoms with Crippen LogP contribution < -0.4 is 9.47 Å². The molecule has 0 fully saturated rings. The predicted octanol–water partition coefficient (Wildman–Crippen LogP) is 5.45. The molecule has 5 nitrogen and oxygen atoms in total. The van der Waals surface area contributed by atoms with Gasteiger partial charge in [-0.05, 0) is 77.7 Å². The molecule has 1 aliphatic rings. The molecule has 1 aliphatic carbocycles. The highest BCUT2D eigenvalue weighted by atomic mass is 127. The summed E-state index contributed by atoms with van der Waals surface area (Å²) in [5.41, 5.74) is 3.06. The summed E-state index contributed by atoms with van der Waals surface area (Å²) in [6.45, 7) is 1.91. The van der Waals surface area contributed by atoms with Crippen molar-refractivity contribution in [2.24, 2.45) is 0 Å². The maximum Gasteiger partial charge on any atom is 0.297 e. The SMILES string of the molecule is COc1ccc(I)c(O[C@@H]2c3ccccc3CC[C@H]2OS(=O)(=O)c2ccc(C)cc2)c1. The van der Waals surface area contributed by atoms with E-state index in [0.29, 0.717) is 17.9 Å². The van der Waals surface area contributed by atoms with E-state index >= 15 is 0 Å². The maximum absolute atomic E-state index is 13.0. The van der Waals surface area contributed by atoms with Gasteiger partial charge in [0, 0.05) is 6.07 Å². The van der Waals surface area contributed by atoms with Gasteiger partial charge >= 0.3 is 0 Å². The van der Waals surface area contributed by atoms with Crippen LogP contribution >= 0.6 is 22.6 Å². The highest BCUT2D eigenvalue weighted by Gasteiger charge is 2.36. The van der Waals surface area contributed by atoms with Gasteiger partial charge in [-0.25, -0.2) is 0 Å². The molecule has 31 heavy (non-hydrogen) atoms. The molecule has 0 aromatic heterocycles. The Labute approximate surface area is 196 Å². The van der Waals surface area contributed by atoms with Crippen LogP contribution in [0.25, 0.3) is 0 Å². The number of rotatable bonds is 6. The van der Waals surface area contributed by atoms with Crippen LogP contribution in [0.5, 0.6) is 11.5 Å². The molecule has 2 atom stereocenters. The highest BCUT2D eigenvalue weighted by Crippen LogP contribution is 2.39. The molecule has 0 amide bonds. The molecule has 3 aromatic carbocycles. The van der Waals surface area contributed by atoms with E-state index in [1.54, 1.807) is 31.4 Å². The lowest BCUT2D eigenvalue weighted by Crippen LogP contribution is -2.34. The van der Waals surface area contributed by atoms with Crippen molar-refractivity contribution in [1.29, 1.82) is 0 Å². The van der Waals surface area contributed by atoms with E-state index in [0.717, 1.165) is 26.7 Å². The first-order chi connectivity index (χ1) is 14.9. The third-order valence-electron chi connectivity index (χ3n) is 5.35. The van der Waals surface area contributed by atoms with Gasteiger partial charge in [-0.3, -0.25) is 4.18 Å². The van der Waals surface area contributed by atoms with Crippen molar-refractivity contribution < 1.29 is 22.1 Å². The normalized spacial score (nSPS) is 18.3. The molecular formula is C24H23IO5S. The summed E-state index contributed by atoms with van der Waals surface area (Å²) in [5, 5.41) is 0. The monoisotopic (exact) mass is 550 g/mol. The fraction of sp³-hybridized carbons (Fsp3) is 0.250. The van der Waals surface area contributed by atoms with Crippen LogP contribution in [0.1, 0.15) is 29.2 Å². The Morgan fingerprint density at radius 1 is 1.00 bits per heavy atom. The summed E-state index contributed by atoms with van der Waals surface area (Å²) >= 11 is 2.20. The summed E-state index contributed by atoms with van der Waals surface area (Å²) in [7, 11) is -2.33. The second-order valence-corrected chi connectivity index (χ2v) is 10.2. The average molecular weight is 550 g/mol. The number of hydrogen-bond acceptors (Lipinski definition) is 5. The molecule has 0 heterocycles. The van der Waals surface area contributed by atoms with Crippen molar-refractivity contribution in [2.45, 2.75) is 36.9 Å². The molecule has 7 heteroatoms. The van der Waals surface area contributed by atoms with E-state index in [2.05, 4.69) is 22.6 Å². The van der Waals surface area contributed by atoms with Crippen LogP contribution in [0.2, 0.25) is 0 Å². The second-order valence-electron chi connectivity index (χ2n) is 7.47. The first kappa shape index (κ1) is 22.1. The van der Waals surface area contributed by atoms with Gasteiger partial charge in [0.25, 0.3) is 10.1 Å². The van der Waals surface area contributed by atoms with Crippen LogP contribution in [-0.4, -0.2) is 21.6 Å². The zero-order valence-electron chi connectivity index (χ0n) is 17.2. The minimum Gasteiger partial charge on any atom is -0.497 e. The van der Waals surface area contributed by atoms with Crippen LogP contribution in [0.3, 0.4) is 0 Å². The summed E-state index contributed by atoms with van der Waals surface area (Å²) in [5.74, 6) is 1.30. The molecule has 0 spiro atoms. The summed E-state index contributed by atoms with van der Waals surface area (Å²) in [6.07, 6.45) is 0.0427. The average Bonchev–Trinajstić information content (AvgIpc) is 2.77. The molecule has 0 aliphatic heterocycles. The summed E-state index contributed by atoms with van der Waals surface area (Å²) in [6, 6.07) is 20.2. The van der Waals surface area contributed by atoms with Gasteiger partial charge in [0.05, 0.1) is 15.6 Å². The topological polar surface area (TPSA) is 61.8 Å². The Hall–Kier alpha value is -2.10. The largest absolute Gasteiger partial charge is 0.497 e. The van der Waals surface area contributed by atoms with Crippen molar-refractivity contribution in [2.75, 3.05) is 7.11 Å². The zero-order valence-corrected chi connectivity index (χ0v) is 20.2. The van der Waals surface area contributed by atoms with Crippen molar-refractivity contribution in [3.63, 3.8) is 0 Å². The molecular weight excluding hydrogens is 527 g/mol. The molecule has 0 radical (unpaired) electrons. The molecule has 162 valence electrons. The van der Waals surface area contributed by atoms with Crippen molar-refractivity contribution in [3.8, 4) is 11.5 Å². The van der Waals surface area contributed by atoms with Crippen LogP contribution in [0.15, 0.2) is 71.6 Å². The van der Waals surface area contributed by atoms with E-state index in [1.165, 1.54) is 0 Å². The standard InChI is InChI=1S/C24H23IO5S/c1-16-7-11-19(12-8-16)31(26,27)30-22-14-9-17-5-3-4-6-20(17)24(22)29-23-15-18(28-2)10-13-21(23)25/h3-8,10-13,15,22,24H,9,14H2,1-2H3/t22-,24-/m1/s1. The lowest BCUT2D eigenvalue weighted by atomic mass is 9.87. The minimum absolute atomic E-state index is 0.145. The lowest BCUT2D eigenvalue weighted by molar-refractivity contribution is 0.0438. The third kappa shape index (κ3) is 4.88. The summed E-state index contributed by atoms with van der Waals surface area (Å²) in [4.78, 5) is 0.145. The Kier molecular flexibility index (Phi) is 6.55. The second kappa shape index (κ2) is 9.18. The van der Waals surface area contributed by atoms with Gasteiger partial charge in [-0.1, -0.05) is 42.0 Å². The van der Waals surface area contributed by atoms with Crippen molar-refractivity contribution in [1.82, 2.24) is 0 Å². The number of hydrogen-bond donors (Lipinski definition) is 0. The van der Waals surface area contributed by atoms with Gasteiger partial charge < -0.3 is 9.47 Å². The molecule has 0 N–H and O–H groups in total. The van der Waals surface area contributed by atoms with Gasteiger partial charge in [0.2, 0.25) is 0 Å². The zero-order chi connectivity index (χ0) is 22.0. The number of methoxy groups -OCH3 is 1. The van der Waals surface area contributed by atoms with E-state index in [4.69, 9.17) is 13.7 Å². The van der Waals surface area contributed by atoms with Gasteiger partial charge in [-0.15, -0.1) is 0 Å². The Morgan fingerprint density at radius 2 is 1.74 bits per heavy atom. The number of aryl methyl sites for hydroxylation is 2. The fourth-order valence-electron chi connectivity index (χ4n) is 3.69. The number of fused-ring (bicyclic) bond motifs is 1. The fourth-order valence-corrected chi connectivity index (χ4v) is 5.25. The van der Waals surface area contributed by atoms with Gasteiger partial charge in [0.1, 0.15) is 17.6 Å². The molecule has 0 unspecified atom stereocenters. The molecule has 0 bridgehead atoms. The van der Waals surface area contributed by atoms with Crippen LogP contribution in [0, 0.1) is 10.5 Å². The lowest BCUT2D eigenvalue weighted by Gasteiger charge is -2.33. The van der Waals surface area contributed by atoms with Crippen molar-refractivity contribution in [3.05, 3.63) is 87.0 Å². The first-order valence-corrected chi connectivity index (χ1v) is 12.4. The number of benzene rings is 3. The highest BCUT2D eigenvalue weighted by molar-refractivity contribution is 14.1. The Bertz CT molecular complexity index is 1170. The number of halogens is 1. The van der Waals surface area contributed by atoms with E-state index < -0.39 is 22.3 Å². The van der Waals surface area contributed by atoms with E-state index in [-0.39, 0.29) is 4.90 Å². The molecule has 3 aromatic rings. The molecule has 0 saturated carbocycles. The molecule has 4 rings (SSSR count). The Balaban J connectivity index is 1.69. The third-order valence-corrected chi connectivity index (χ3v) is 7.59. The Morgan fingerprint density at radius 3 is 2.48 bits per heavy atom. The quantitative estimate of drug-likeness (QED) is 0.302. The predicted molar refractivity (Wildman–Crippen MR) is 127 cm³/mol. The summed E-state index contributed by atoms with van der Waals surface area (Å²) < 4.78 is 44.4. The smallest absolute Gasteiger partial charge is 0.297 e. The van der Waals surface area contributed by atoms with Gasteiger partial charge in [0.15, 0.2) is 6.10 Å². The number of ether oxygens (including phenoxy) is 2.